The van der Waals surface area contributed by atoms with Gasteiger partial charge in [-0.2, -0.15) is 0 Å². The Morgan fingerprint density at radius 3 is 3.04 bits per heavy atom. The molecule has 8 heteroatoms. The number of imidazole rings is 1. The van der Waals surface area contributed by atoms with E-state index >= 15 is 4.39 Å². The van der Waals surface area contributed by atoms with Crippen molar-refractivity contribution in [3.8, 4) is 0 Å². The second-order valence-corrected chi connectivity index (χ2v) is 7.15. The van der Waals surface area contributed by atoms with Gasteiger partial charge < -0.3 is 9.88 Å². The van der Waals surface area contributed by atoms with Gasteiger partial charge in [0.2, 0.25) is 0 Å². The maximum absolute atomic E-state index is 15.2. The molecular weight excluding hydrogens is 383 g/mol. The lowest BCUT2D eigenvalue weighted by atomic mass is 10.0. The molecule has 1 aliphatic rings. The van der Waals surface area contributed by atoms with Gasteiger partial charge in [0.15, 0.2) is 5.82 Å². The van der Waals surface area contributed by atoms with Gasteiger partial charge in [-0.05, 0) is 31.9 Å². The Labute approximate surface area is 167 Å². The van der Waals surface area contributed by atoms with Crippen LogP contribution in [0.3, 0.4) is 0 Å². The maximum Gasteiger partial charge on any atom is 0.277 e. The van der Waals surface area contributed by atoms with Crippen molar-refractivity contribution < 1.29 is 14.0 Å². The molecule has 0 radical (unpaired) electrons. The third kappa shape index (κ3) is 4.10. The van der Waals surface area contributed by atoms with E-state index in [1.54, 1.807) is 29.8 Å². The number of nitrogens with one attached hydrogen (secondary N) is 2. The fraction of sp³-hybridized carbons (Fsp3) is 0.300. The first kappa shape index (κ1) is 20.1. The van der Waals surface area contributed by atoms with Crippen LogP contribution in [-0.4, -0.2) is 27.4 Å². The number of hydrogen-bond acceptors (Lipinski definition) is 4. The molecule has 0 fully saturated rings. The Hall–Kier alpha value is -2.64. The minimum absolute atomic E-state index is 0.0147. The largest absolute Gasteiger partial charge is 0.355 e. The summed E-state index contributed by atoms with van der Waals surface area (Å²) in [5.41, 5.74) is 4.86. The molecule has 1 atom stereocenters. The number of carbonyl (C=O) groups is 1. The first-order valence-corrected chi connectivity index (χ1v) is 9.31. The maximum atomic E-state index is 15.2. The van der Waals surface area contributed by atoms with Gasteiger partial charge in [0.05, 0.1) is 35.1 Å². The monoisotopic (exact) mass is 404 g/mol. The lowest BCUT2D eigenvalue weighted by Crippen LogP contribution is -2.26. The van der Waals surface area contributed by atoms with E-state index in [4.69, 9.17) is 16.4 Å². The zero-order chi connectivity index (χ0) is 20.3. The second-order valence-electron chi connectivity index (χ2n) is 6.63. The van der Waals surface area contributed by atoms with Crippen LogP contribution in [0, 0.1) is 5.82 Å². The molecule has 0 aliphatic heterocycles. The molecule has 1 unspecified atom stereocenters. The van der Waals surface area contributed by atoms with E-state index in [0.717, 1.165) is 5.57 Å². The van der Waals surface area contributed by atoms with Crippen molar-refractivity contribution in [3.63, 3.8) is 0 Å². The van der Waals surface area contributed by atoms with Crippen LogP contribution < -0.4 is 10.8 Å². The molecule has 1 aromatic carbocycles. The molecule has 0 spiro atoms. The second kappa shape index (κ2) is 8.58. The van der Waals surface area contributed by atoms with E-state index < -0.39 is 11.7 Å². The van der Waals surface area contributed by atoms with Crippen LogP contribution in [-0.2, 0) is 11.9 Å². The number of aromatic nitrogens is 2. The molecule has 1 aliphatic carbocycles. The van der Waals surface area contributed by atoms with E-state index in [1.807, 2.05) is 13.0 Å². The highest BCUT2D eigenvalue weighted by Crippen LogP contribution is 2.32. The number of nitrogens with zero attached hydrogens (tertiary/aromatic N) is 2. The molecule has 0 bridgehead atoms. The number of fused-ring (bicyclic) bond motifs is 1. The summed E-state index contributed by atoms with van der Waals surface area (Å²) in [7, 11) is 1.73. The average Bonchev–Trinajstić information content (AvgIpc) is 3.03. The quantitative estimate of drug-likeness (QED) is 0.314. The Balaban J connectivity index is 2.00. The molecule has 2 aromatic rings. The summed E-state index contributed by atoms with van der Waals surface area (Å²) >= 11 is 6.40. The van der Waals surface area contributed by atoms with Crippen molar-refractivity contribution in [3.05, 3.63) is 59.9 Å². The molecular formula is C20H22ClFN4O2. The number of hydroxylamine groups is 1. The lowest BCUT2D eigenvalue weighted by molar-refractivity contribution is 0.0331. The minimum atomic E-state index is -0.620. The van der Waals surface area contributed by atoms with E-state index in [-0.39, 0.29) is 28.8 Å². The van der Waals surface area contributed by atoms with Crippen LogP contribution >= 0.6 is 11.6 Å². The summed E-state index contributed by atoms with van der Waals surface area (Å²) < 4.78 is 16.9. The molecule has 148 valence electrons. The Morgan fingerprint density at radius 2 is 2.32 bits per heavy atom. The first-order valence-electron chi connectivity index (χ1n) is 8.87. The number of alkyl halides is 1. The molecule has 1 heterocycles. The van der Waals surface area contributed by atoms with Crippen LogP contribution in [0.15, 0.2) is 48.5 Å². The highest BCUT2D eigenvalue weighted by atomic mass is 35.5. The van der Waals surface area contributed by atoms with Crippen molar-refractivity contribution >= 4 is 34.2 Å². The molecule has 0 saturated heterocycles. The minimum Gasteiger partial charge on any atom is -0.355 e. The van der Waals surface area contributed by atoms with Crippen molar-refractivity contribution in [2.24, 2.45) is 7.05 Å². The molecule has 2 N–H and O–H groups in total. The van der Waals surface area contributed by atoms with Crippen molar-refractivity contribution in [1.82, 2.24) is 15.0 Å². The van der Waals surface area contributed by atoms with Gasteiger partial charge in [-0.25, -0.2) is 14.9 Å². The molecule has 0 saturated carbocycles. The highest BCUT2D eigenvalue weighted by Gasteiger charge is 2.24. The summed E-state index contributed by atoms with van der Waals surface area (Å²) in [6, 6.07) is 1.58. The summed E-state index contributed by atoms with van der Waals surface area (Å²) in [5.74, 6) is -1.19. The average molecular weight is 405 g/mol. The zero-order valence-electron chi connectivity index (χ0n) is 15.8. The van der Waals surface area contributed by atoms with Crippen molar-refractivity contribution in [2.75, 3.05) is 11.9 Å². The van der Waals surface area contributed by atoms with E-state index in [0.29, 0.717) is 24.1 Å². The summed E-state index contributed by atoms with van der Waals surface area (Å²) in [4.78, 5) is 21.9. The van der Waals surface area contributed by atoms with Gasteiger partial charge >= 0.3 is 0 Å². The molecule has 1 amide bonds. The van der Waals surface area contributed by atoms with Crippen molar-refractivity contribution in [2.45, 2.75) is 25.1 Å². The number of hydrogen-bond donors (Lipinski definition) is 2. The molecule has 28 heavy (non-hydrogen) atoms. The number of rotatable bonds is 7. The number of amides is 1. The number of benzene rings is 1. The van der Waals surface area contributed by atoms with Crippen LogP contribution in [0.25, 0.3) is 11.0 Å². The van der Waals surface area contributed by atoms with E-state index in [1.165, 1.54) is 6.33 Å². The smallest absolute Gasteiger partial charge is 0.277 e. The Morgan fingerprint density at radius 1 is 1.54 bits per heavy atom. The standard InChI is InChI=1S/C20H22ClFN4O2/c1-4-5-8-28-25-20(27)13-10-16-19(23-11-26(16)3)17(22)18(13)24-15-7-6-12(2)9-14(15)21/h4,6-7,10-11,14,24H,1,5,8-9H2,2-3H3,(H,25,27). The number of carbonyl (C=O) groups excluding carboxylic acids is 1. The highest BCUT2D eigenvalue weighted by molar-refractivity contribution is 6.23. The normalized spacial score (nSPS) is 16.5. The predicted molar refractivity (Wildman–Crippen MR) is 109 cm³/mol. The molecule has 6 nitrogen and oxygen atoms in total. The third-order valence-corrected chi connectivity index (χ3v) is 4.84. The zero-order valence-corrected chi connectivity index (χ0v) is 16.5. The van der Waals surface area contributed by atoms with Crippen LogP contribution in [0.4, 0.5) is 10.1 Å². The fourth-order valence-corrected chi connectivity index (χ4v) is 3.27. The third-order valence-electron chi connectivity index (χ3n) is 4.45. The number of allylic oxidation sites excluding steroid dienone is 4. The van der Waals surface area contributed by atoms with E-state index in [9.17, 15) is 4.79 Å². The SMILES string of the molecule is C=CCCONC(=O)c1cc2c(ncn2C)c(F)c1NC1=CC=C(C)CC1Cl. The number of halogens is 2. The van der Waals surface area contributed by atoms with Gasteiger partial charge in [-0.3, -0.25) is 9.63 Å². The lowest BCUT2D eigenvalue weighted by Gasteiger charge is -2.22. The number of anilines is 1. The van der Waals surface area contributed by atoms with Crippen molar-refractivity contribution in [1.29, 1.82) is 0 Å². The van der Waals surface area contributed by atoms with Gasteiger partial charge in [-0.1, -0.05) is 17.7 Å². The fourth-order valence-electron chi connectivity index (χ4n) is 2.90. The van der Waals surface area contributed by atoms with Gasteiger partial charge in [0.1, 0.15) is 5.52 Å². The summed E-state index contributed by atoms with van der Waals surface area (Å²) in [5, 5.41) is 2.66. The summed E-state index contributed by atoms with van der Waals surface area (Å²) in [6.45, 7) is 5.84. The Kier molecular flexibility index (Phi) is 6.16. The van der Waals surface area contributed by atoms with Gasteiger partial charge in [0.25, 0.3) is 5.91 Å². The molecule has 1 aromatic heterocycles. The van der Waals surface area contributed by atoms with Crippen LogP contribution in [0.1, 0.15) is 30.1 Å². The first-order chi connectivity index (χ1) is 13.4. The predicted octanol–water partition coefficient (Wildman–Crippen LogP) is 4.20. The molecule has 3 rings (SSSR count). The van der Waals surface area contributed by atoms with Crippen LogP contribution in [0.2, 0.25) is 0 Å². The van der Waals surface area contributed by atoms with Gasteiger partial charge in [0, 0.05) is 12.7 Å². The van der Waals surface area contributed by atoms with Gasteiger partial charge in [-0.15, -0.1) is 18.2 Å². The van der Waals surface area contributed by atoms with E-state index in [2.05, 4.69) is 22.4 Å². The van der Waals surface area contributed by atoms with Crippen LogP contribution in [0.5, 0.6) is 0 Å². The number of aryl methyl sites for hydroxylation is 1. The topological polar surface area (TPSA) is 68.2 Å². The summed E-state index contributed by atoms with van der Waals surface area (Å²) in [6.07, 6.45) is 8.09. The Bertz CT molecular complexity index is 980.